The van der Waals surface area contributed by atoms with Crippen LogP contribution >= 0.6 is 0 Å². The molecule has 1 aliphatic carbocycles. The first-order chi connectivity index (χ1) is 12.2. The van der Waals surface area contributed by atoms with E-state index in [1.807, 2.05) is 36.5 Å². The first-order valence-electron chi connectivity index (χ1n) is 8.36. The lowest BCUT2D eigenvalue weighted by molar-refractivity contribution is 0.0923. The van der Waals surface area contributed by atoms with E-state index in [2.05, 4.69) is 15.5 Å². The van der Waals surface area contributed by atoms with E-state index in [1.165, 1.54) is 0 Å². The van der Waals surface area contributed by atoms with Gasteiger partial charge in [-0.1, -0.05) is 35.5 Å². The molecule has 2 aromatic heterocycles. The Kier molecular flexibility index (Phi) is 4.01. The summed E-state index contributed by atoms with van der Waals surface area (Å²) in [6, 6.07) is 11.4. The second-order valence-corrected chi connectivity index (χ2v) is 6.20. The number of carbonyl (C=O) groups is 1. The number of benzene rings is 1. The number of aryl methyl sites for hydroxylation is 2. The van der Waals surface area contributed by atoms with Crippen LogP contribution < -0.4 is 5.32 Å². The molecule has 6 nitrogen and oxygen atoms in total. The van der Waals surface area contributed by atoms with E-state index in [1.54, 1.807) is 13.0 Å². The summed E-state index contributed by atoms with van der Waals surface area (Å²) in [5.41, 5.74) is 3.28. The molecular formula is C19H18N4O2. The van der Waals surface area contributed by atoms with Crippen LogP contribution in [-0.2, 0) is 6.42 Å². The first-order valence-corrected chi connectivity index (χ1v) is 8.36. The highest BCUT2D eigenvalue weighted by Crippen LogP contribution is 2.29. The Morgan fingerprint density at radius 1 is 1.28 bits per heavy atom. The minimum Gasteiger partial charge on any atom is -0.361 e. The Balaban J connectivity index is 1.59. The molecule has 1 N–H and O–H groups in total. The molecule has 2 heterocycles. The van der Waals surface area contributed by atoms with Crippen molar-refractivity contribution in [3.63, 3.8) is 0 Å². The summed E-state index contributed by atoms with van der Waals surface area (Å²) in [5, 5.41) is 6.80. The van der Waals surface area contributed by atoms with Crippen LogP contribution in [-0.4, -0.2) is 21.0 Å². The second kappa shape index (κ2) is 6.47. The van der Waals surface area contributed by atoms with Crippen LogP contribution in [0.3, 0.4) is 0 Å². The molecule has 126 valence electrons. The van der Waals surface area contributed by atoms with Gasteiger partial charge in [0.15, 0.2) is 11.5 Å². The molecule has 0 fully saturated rings. The van der Waals surface area contributed by atoms with E-state index in [0.717, 1.165) is 41.9 Å². The van der Waals surface area contributed by atoms with Gasteiger partial charge in [-0.15, -0.1) is 0 Å². The zero-order chi connectivity index (χ0) is 17.2. The van der Waals surface area contributed by atoms with Crippen LogP contribution in [0.5, 0.6) is 0 Å². The van der Waals surface area contributed by atoms with Gasteiger partial charge in [-0.25, -0.2) is 9.97 Å². The number of amides is 1. The van der Waals surface area contributed by atoms with E-state index in [-0.39, 0.29) is 11.9 Å². The molecule has 25 heavy (non-hydrogen) atoms. The van der Waals surface area contributed by atoms with E-state index in [0.29, 0.717) is 11.5 Å². The van der Waals surface area contributed by atoms with Gasteiger partial charge in [0.05, 0.1) is 6.04 Å². The maximum absolute atomic E-state index is 12.4. The van der Waals surface area contributed by atoms with Gasteiger partial charge in [-0.2, -0.15) is 0 Å². The van der Waals surface area contributed by atoms with Gasteiger partial charge in [0, 0.05) is 29.1 Å². The third-order valence-electron chi connectivity index (χ3n) is 4.38. The van der Waals surface area contributed by atoms with Crippen LogP contribution in [0.2, 0.25) is 0 Å². The van der Waals surface area contributed by atoms with Crippen molar-refractivity contribution >= 4 is 5.91 Å². The lowest BCUT2D eigenvalue weighted by Crippen LogP contribution is -2.31. The molecule has 0 radical (unpaired) electrons. The number of carbonyl (C=O) groups excluding carboxylic acids is 1. The van der Waals surface area contributed by atoms with Crippen LogP contribution in [0.1, 0.15) is 46.4 Å². The zero-order valence-electron chi connectivity index (χ0n) is 13.9. The molecule has 1 amide bonds. The minimum atomic E-state index is -0.234. The molecule has 6 heteroatoms. The van der Waals surface area contributed by atoms with Crippen molar-refractivity contribution in [2.75, 3.05) is 0 Å². The van der Waals surface area contributed by atoms with E-state index < -0.39 is 0 Å². The predicted octanol–water partition coefficient (Wildman–Crippen LogP) is 3.25. The van der Waals surface area contributed by atoms with Crippen molar-refractivity contribution in [1.82, 2.24) is 20.4 Å². The topological polar surface area (TPSA) is 80.9 Å². The third kappa shape index (κ3) is 3.15. The van der Waals surface area contributed by atoms with Crippen molar-refractivity contribution in [3.8, 4) is 11.4 Å². The van der Waals surface area contributed by atoms with Gasteiger partial charge < -0.3 is 9.84 Å². The quantitative estimate of drug-likeness (QED) is 0.795. The maximum atomic E-state index is 12.4. The monoisotopic (exact) mass is 334 g/mol. The van der Waals surface area contributed by atoms with Crippen LogP contribution in [0, 0.1) is 6.92 Å². The molecule has 1 aromatic carbocycles. The summed E-state index contributed by atoms with van der Waals surface area (Å²) in [4.78, 5) is 21.6. The Labute approximate surface area is 145 Å². The smallest absolute Gasteiger partial charge is 0.273 e. The fourth-order valence-corrected chi connectivity index (χ4v) is 3.13. The maximum Gasteiger partial charge on any atom is 0.273 e. The summed E-state index contributed by atoms with van der Waals surface area (Å²) in [7, 11) is 0. The zero-order valence-corrected chi connectivity index (χ0v) is 13.9. The van der Waals surface area contributed by atoms with Gasteiger partial charge in [0.25, 0.3) is 5.91 Å². The average molecular weight is 334 g/mol. The van der Waals surface area contributed by atoms with E-state index in [4.69, 9.17) is 9.51 Å². The molecule has 0 unspecified atom stereocenters. The minimum absolute atomic E-state index is 0.0990. The molecule has 1 aliphatic rings. The highest BCUT2D eigenvalue weighted by atomic mass is 16.5. The third-order valence-corrected chi connectivity index (χ3v) is 4.38. The first kappa shape index (κ1) is 15.5. The van der Waals surface area contributed by atoms with Gasteiger partial charge in [0.2, 0.25) is 0 Å². The number of hydrogen-bond acceptors (Lipinski definition) is 5. The van der Waals surface area contributed by atoms with Gasteiger partial charge >= 0.3 is 0 Å². The molecule has 0 saturated heterocycles. The van der Waals surface area contributed by atoms with Crippen LogP contribution in [0.4, 0.5) is 0 Å². The van der Waals surface area contributed by atoms with Gasteiger partial charge in [0.1, 0.15) is 5.76 Å². The summed E-state index contributed by atoms with van der Waals surface area (Å²) in [6.07, 6.45) is 4.57. The summed E-state index contributed by atoms with van der Waals surface area (Å²) in [6.45, 7) is 1.76. The highest BCUT2D eigenvalue weighted by Gasteiger charge is 2.25. The normalized spacial score (nSPS) is 16.3. The highest BCUT2D eigenvalue weighted by molar-refractivity contribution is 5.92. The number of nitrogens with zero attached hydrogens (tertiary/aromatic N) is 3. The lowest BCUT2D eigenvalue weighted by Gasteiger charge is -2.25. The number of hydrogen-bond donors (Lipinski definition) is 1. The molecule has 0 spiro atoms. The fourth-order valence-electron chi connectivity index (χ4n) is 3.13. The van der Waals surface area contributed by atoms with Gasteiger partial charge in [-0.05, 0) is 26.2 Å². The molecule has 4 rings (SSSR count). The molecule has 1 atom stereocenters. The second-order valence-electron chi connectivity index (χ2n) is 6.20. The van der Waals surface area contributed by atoms with Crippen molar-refractivity contribution in [3.05, 3.63) is 65.3 Å². The summed E-state index contributed by atoms with van der Waals surface area (Å²) in [5.74, 6) is 1.10. The van der Waals surface area contributed by atoms with E-state index in [9.17, 15) is 4.79 Å². The van der Waals surface area contributed by atoms with Crippen molar-refractivity contribution < 1.29 is 9.32 Å². The predicted molar refractivity (Wildman–Crippen MR) is 91.9 cm³/mol. The Morgan fingerprint density at radius 3 is 2.88 bits per heavy atom. The van der Waals surface area contributed by atoms with E-state index >= 15 is 0 Å². The SMILES string of the molecule is Cc1cc(C(=O)N[C@@H]2CCCc3nc(-c4ccccc4)ncc32)no1. The summed E-state index contributed by atoms with van der Waals surface area (Å²) < 4.78 is 4.97. The number of rotatable bonds is 3. The molecule has 3 aromatic rings. The fraction of sp³-hybridized carbons (Fsp3) is 0.263. The van der Waals surface area contributed by atoms with Crippen LogP contribution in [0.25, 0.3) is 11.4 Å². The Hall–Kier alpha value is -3.02. The molecule has 0 bridgehead atoms. The standard InChI is InChI=1S/C19H18N4O2/c1-12-10-17(23-25-12)19(24)22-16-9-5-8-15-14(16)11-20-18(21-15)13-6-3-2-4-7-13/h2-4,6-7,10-11,16H,5,8-9H2,1H3,(H,22,24)/t16-/m1/s1. The van der Waals surface area contributed by atoms with Crippen molar-refractivity contribution in [2.24, 2.45) is 0 Å². The van der Waals surface area contributed by atoms with Gasteiger partial charge in [-0.3, -0.25) is 4.79 Å². The van der Waals surface area contributed by atoms with Crippen molar-refractivity contribution in [1.29, 1.82) is 0 Å². The lowest BCUT2D eigenvalue weighted by atomic mass is 9.92. The Bertz CT molecular complexity index is 905. The number of nitrogens with one attached hydrogen (secondary N) is 1. The average Bonchev–Trinajstić information content (AvgIpc) is 3.09. The molecular weight excluding hydrogens is 316 g/mol. The Morgan fingerprint density at radius 2 is 2.12 bits per heavy atom. The molecule has 0 aliphatic heterocycles. The number of fused-ring (bicyclic) bond motifs is 1. The largest absolute Gasteiger partial charge is 0.361 e. The molecule has 0 saturated carbocycles. The number of aromatic nitrogens is 3. The van der Waals surface area contributed by atoms with Crippen LogP contribution in [0.15, 0.2) is 47.1 Å². The summed E-state index contributed by atoms with van der Waals surface area (Å²) >= 11 is 0. The van der Waals surface area contributed by atoms with Crippen molar-refractivity contribution in [2.45, 2.75) is 32.2 Å².